The van der Waals surface area contributed by atoms with Crippen molar-refractivity contribution in [3.8, 4) is 0 Å². The Labute approximate surface area is 585 Å². The zero-order valence-electron chi connectivity index (χ0n) is 54.3. The molecule has 0 saturated carbocycles. The molecule has 10 heteroatoms. The standard InChI is InChI=1S/C96H28O10/c1-91-84-82-83-85(91)95(30-18-8-25(9-19-30)89(103)104)77-67-57-47-39-34-32-33-35-36(34)41-49(47)59-61-51(41)50-40(35)48-46-38(33)44-42-37(32)43-45(39)55(57)65-63-53(43)52(42)62-64-54(44)56(46)66-68-58(48)60(50)70-71(61)81(79(95)69(59)67)96(91,31-20-10-26(11-21-31)90(105)106)80(70)78(68)94(84,29-16-6-24(7-17-29)88(101)102)76(66)74(64)92(82,27-12-2-22(3-13-27)86(97)98)72(62)73(63)93(83,75(65)77)28-14-4-23(5-15-28)87(99)100/h2-21H,1H3,(H,97,98)(H,99,100)(H,101,102)(H,103,104)(H,105,106). The summed E-state index contributed by atoms with van der Waals surface area (Å²) in [6.07, 6.45) is 0. The number of carbonyl (C=O) groups is 5. The molecule has 26 aromatic rings. The molecular formula is C96H28O10. The summed E-state index contributed by atoms with van der Waals surface area (Å²) in [7, 11) is 0. The van der Waals surface area contributed by atoms with Crippen LogP contribution in [0.3, 0.4) is 0 Å². The van der Waals surface area contributed by atoms with Crippen molar-refractivity contribution in [2.24, 2.45) is 5.41 Å². The van der Waals surface area contributed by atoms with Crippen LogP contribution in [0.15, 0.2) is 144 Å². The second kappa shape index (κ2) is 12.0. The fourth-order valence-electron chi connectivity index (χ4n) is 31.9. The summed E-state index contributed by atoms with van der Waals surface area (Å²) < 4.78 is 0. The number of hydrogen-bond acceptors (Lipinski definition) is 5. The number of hydrogen-bond donors (Lipinski definition) is 5. The van der Waals surface area contributed by atoms with Crippen LogP contribution in [-0.2, 0) is 27.1 Å². The Hall–Kier alpha value is -13.6. The third-order valence-electron chi connectivity index (χ3n) is 33.1. The van der Waals surface area contributed by atoms with Gasteiger partial charge in [0, 0.05) is 5.41 Å². The molecule has 4 atom stereocenters. The Kier molecular flexibility index (Phi) is 5.39. The highest BCUT2D eigenvalue weighted by molar-refractivity contribution is 6.77. The predicted molar refractivity (Wildman–Crippen MR) is 406 cm³/mol. The van der Waals surface area contributed by atoms with Crippen LogP contribution in [0.4, 0.5) is 0 Å². The minimum atomic E-state index is -1.27. The highest BCUT2D eigenvalue weighted by atomic mass is 16.4. The van der Waals surface area contributed by atoms with E-state index in [1.165, 1.54) is 282 Å². The van der Waals surface area contributed by atoms with Gasteiger partial charge in [0.25, 0.3) is 0 Å². The Morgan fingerprint density at radius 1 is 0.198 bits per heavy atom. The first-order chi connectivity index (χ1) is 51.8. The van der Waals surface area contributed by atoms with Crippen LogP contribution in [0.1, 0.15) is 142 Å². The molecule has 106 heavy (non-hydrogen) atoms. The monoisotopic (exact) mass is 1340 g/mol. The average Bonchev–Trinajstić information content (AvgIpc) is 1.37. The number of aromatic carboxylic acids is 5. The predicted octanol–water partition coefficient (Wildman–Crippen LogP) is 20.0. The lowest BCUT2D eigenvalue weighted by Crippen LogP contribution is -2.62. The first-order valence-electron chi connectivity index (χ1n) is 36.7. The van der Waals surface area contributed by atoms with Crippen molar-refractivity contribution in [3.05, 3.63) is 255 Å². The van der Waals surface area contributed by atoms with Gasteiger partial charge in [-0.2, -0.15) is 0 Å². The molecule has 0 radical (unpaired) electrons. The Morgan fingerprint density at radius 2 is 0.349 bits per heavy atom. The molecule has 11 aliphatic rings. The lowest BCUT2D eigenvalue weighted by molar-refractivity contribution is 0.0686. The van der Waals surface area contributed by atoms with E-state index in [9.17, 15) is 49.5 Å². The number of carboxylic acids is 5. The minimum absolute atomic E-state index is 0.165. The summed E-state index contributed by atoms with van der Waals surface area (Å²) in [5, 5.41) is 109. The zero-order valence-corrected chi connectivity index (χ0v) is 54.3. The van der Waals surface area contributed by atoms with Gasteiger partial charge in [-0.3, -0.25) is 0 Å². The van der Waals surface area contributed by atoms with Crippen molar-refractivity contribution in [1.29, 1.82) is 0 Å². The van der Waals surface area contributed by atoms with Gasteiger partial charge in [0.2, 0.25) is 0 Å². The van der Waals surface area contributed by atoms with E-state index in [2.05, 4.69) is 67.6 Å². The second-order valence-corrected chi connectivity index (χ2v) is 34.5. The molecule has 37 rings (SSSR count). The van der Waals surface area contributed by atoms with E-state index in [0.717, 1.165) is 39.0 Å². The maximum absolute atomic E-state index is 13.8. The SMILES string of the molecule is CC12C3=C4C5=C1C1(c6ccc(C(=O)O)cc6)c6c7c8c9c(c%10c%11c%12c(c%13c%14c%15c(c%16c%17c%18c(c1c1c6c6c8c8c%19c9c%11c9c%11c%12c%14c%12c%14c%15c%17c%15c%17c%18c1c1c6c8c6c(c9%19)c(c%11%12)c(c%14%15)c6c1%17)C%162c1ccc(C(=O)O)cc1)C3%13c1ccc(C(=O)O)cc1)C4%10c1ccc(C(=O)O)cc1)C57c1ccc(C(=O)O)cc1. The normalized spacial score (nSPS) is 25.0. The molecule has 0 spiro atoms. The topological polar surface area (TPSA) is 186 Å². The molecule has 10 nitrogen and oxygen atoms in total. The molecule has 0 saturated heterocycles. The van der Waals surface area contributed by atoms with Crippen molar-refractivity contribution in [3.63, 3.8) is 0 Å². The Balaban J connectivity index is 0.988. The van der Waals surface area contributed by atoms with Crippen LogP contribution in [-0.4, -0.2) is 55.4 Å². The van der Waals surface area contributed by atoms with Crippen molar-refractivity contribution >= 4 is 245 Å². The van der Waals surface area contributed by atoms with Gasteiger partial charge in [-0.05, 0) is 382 Å². The number of benzene rings is 20. The van der Waals surface area contributed by atoms with Crippen LogP contribution in [0, 0.1) is 5.41 Å². The first-order valence-corrected chi connectivity index (χ1v) is 36.7. The largest absolute Gasteiger partial charge is 0.478 e. The van der Waals surface area contributed by atoms with Crippen molar-refractivity contribution in [2.45, 2.75) is 34.0 Å². The molecule has 26 aromatic carbocycles. The van der Waals surface area contributed by atoms with Gasteiger partial charge in [-0.25, -0.2) is 24.0 Å². The maximum atomic E-state index is 13.8. The van der Waals surface area contributed by atoms with Gasteiger partial charge >= 0.3 is 29.8 Å². The molecule has 0 amide bonds. The summed E-state index contributed by atoms with van der Waals surface area (Å²) >= 11 is 0. The highest BCUT2D eigenvalue weighted by Crippen LogP contribution is 2.95. The lowest BCUT2D eigenvalue weighted by atomic mass is 9.34. The first kappa shape index (κ1) is 47.6. The van der Waals surface area contributed by atoms with Crippen molar-refractivity contribution in [1.82, 2.24) is 0 Å². The molecule has 0 aromatic heterocycles. The van der Waals surface area contributed by atoms with E-state index in [-0.39, 0.29) is 27.8 Å². The van der Waals surface area contributed by atoms with Crippen molar-refractivity contribution in [2.75, 3.05) is 0 Å². The van der Waals surface area contributed by atoms with E-state index in [1.807, 2.05) is 60.7 Å². The van der Waals surface area contributed by atoms with Crippen LogP contribution in [0.25, 0.3) is 215 Å². The summed E-state index contributed by atoms with van der Waals surface area (Å²) in [6.45, 7) is 2.59. The molecule has 0 aliphatic heterocycles. The highest BCUT2D eigenvalue weighted by Gasteiger charge is 2.86. The molecule has 4 unspecified atom stereocenters. The van der Waals surface area contributed by atoms with E-state index in [1.54, 1.807) is 0 Å². The second-order valence-electron chi connectivity index (χ2n) is 34.5. The fourth-order valence-corrected chi connectivity index (χ4v) is 31.9. The molecule has 5 N–H and O–H groups in total. The third kappa shape index (κ3) is 3.09. The van der Waals surface area contributed by atoms with Crippen LogP contribution >= 0.6 is 0 Å². The van der Waals surface area contributed by atoms with E-state index < -0.39 is 62.3 Å². The lowest BCUT2D eigenvalue weighted by Gasteiger charge is -2.66. The zero-order chi connectivity index (χ0) is 68.0. The van der Waals surface area contributed by atoms with Crippen LogP contribution < -0.4 is 0 Å². The Morgan fingerprint density at radius 3 is 0.547 bits per heavy atom. The van der Waals surface area contributed by atoms with E-state index in [0.29, 0.717) is 0 Å². The van der Waals surface area contributed by atoms with Gasteiger partial charge in [-0.1, -0.05) is 67.6 Å². The molecular weight excluding hydrogens is 1310 g/mol. The van der Waals surface area contributed by atoms with Gasteiger partial charge in [-0.15, -0.1) is 0 Å². The van der Waals surface area contributed by atoms with Gasteiger partial charge in [0.1, 0.15) is 0 Å². The summed E-state index contributed by atoms with van der Waals surface area (Å²) in [6, 6.07) is 39.8. The molecule has 0 heterocycles. The van der Waals surface area contributed by atoms with Gasteiger partial charge in [0.15, 0.2) is 0 Å². The summed E-state index contributed by atoms with van der Waals surface area (Å²) in [4.78, 5) is 68.8. The van der Waals surface area contributed by atoms with Crippen LogP contribution in [0.5, 0.6) is 0 Å². The van der Waals surface area contributed by atoms with E-state index in [4.69, 9.17) is 0 Å². The third-order valence-corrected chi connectivity index (χ3v) is 33.1. The molecule has 472 valence electrons. The average molecular weight is 1340 g/mol. The molecule has 11 aliphatic carbocycles. The van der Waals surface area contributed by atoms with E-state index >= 15 is 0 Å². The fraction of sp³-hybridized carbons (Fsp3) is 0.0729. The number of rotatable bonds is 10. The van der Waals surface area contributed by atoms with Gasteiger partial charge in [0.05, 0.1) is 54.9 Å². The molecule has 0 fully saturated rings. The van der Waals surface area contributed by atoms with Gasteiger partial charge < -0.3 is 25.5 Å². The quantitative estimate of drug-likeness (QED) is 0.0825. The molecule has 0 bridgehead atoms. The van der Waals surface area contributed by atoms with Crippen molar-refractivity contribution < 1.29 is 49.5 Å². The smallest absolute Gasteiger partial charge is 0.335 e. The number of carboxylic acid groups (broad SMARTS) is 5. The summed E-state index contributed by atoms with van der Waals surface area (Å²) in [5.41, 5.74) is 14.8. The Bertz CT molecular complexity index is 8930. The maximum Gasteiger partial charge on any atom is 0.335 e. The minimum Gasteiger partial charge on any atom is -0.478 e. The van der Waals surface area contributed by atoms with Crippen LogP contribution in [0.2, 0.25) is 0 Å². The summed E-state index contributed by atoms with van der Waals surface area (Å²) in [5.74, 6) is -5.16. The number of allylic oxidation sites excluding steroid dienone is 4.